The lowest BCUT2D eigenvalue weighted by Gasteiger charge is -2.18. The number of nitrogens with one attached hydrogen (secondary N) is 1. The van der Waals surface area contributed by atoms with E-state index in [4.69, 9.17) is 14.2 Å². The lowest BCUT2D eigenvalue weighted by molar-refractivity contribution is -0.146. The third-order valence-electron chi connectivity index (χ3n) is 4.94. The molecular formula is C22H24N2O5. The fourth-order valence-electron chi connectivity index (χ4n) is 3.49. The Morgan fingerprint density at radius 2 is 1.69 bits per heavy atom. The predicted octanol–water partition coefficient (Wildman–Crippen LogP) is 2.78. The van der Waals surface area contributed by atoms with Gasteiger partial charge in [-0.05, 0) is 54.8 Å². The van der Waals surface area contributed by atoms with Gasteiger partial charge >= 0.3 is 5.97 Å². The van der Waals surface area contributed by atoms with Gasteiger partial charge in [-0.2, -0.15) is 0 Å². The number of nitrogens with zero attached hydrogens (tertiary/aromatic N) is 1. The van der Waals surface area contributed by atoms with Gasteiger partial charge in [0.2, 0.25) is 0 Å². The van der Waals surface area contributed by atoms with Crippen LogP contribution >= 0.6 is 0 Å². The molecule has 7 nitrogen and oxygen atoms in total. The van der Waals surface area contributed by atoms with Gasteiger partial charge in [0, 0.05) is 24.5 Å². The van der Waals surface area contributed by atoms with Gasteiger partial charge in [-0.15, -0.1) is 0 Å². The van der Waals surface area contributed by atoms with E-state index in [2.05, 4.69) is 10.2 Å². The molecule has 2 aromatic rings. The highest BCUT2D eigenvalue weighted by Crippen LogP contribution is 2.31. The van der Waals surface area contributed by atoms with Crippen LogP contribution in [0, 0.1) is 0 Å². The summed E-state index contributed by atoms with van der Waals surface area (Å²) in [5.74, 6) is 0.454. The molecule has 1 saturated heterocycles. The van der Waals surface area contributed by atoms with Crippen LogP contribution in [-0.2, 0) is 20.7 Å². The van der Waals surface area contributed by atoms with Crippen molar-refractivity contribution < 1.29 is 23.8 Å². The van der Waals surface area contributed by atoms with Crippen LogP contribution in [0.2, 0.25) is 0 Å². The maximum absolute atomic E-state index is 12.1. The number of fused-ring (bicyclic) bond motifs is 1. The van der Waals surface area contributed by atoms with Crippen molar-refractivity contribution in [1.82, 2.24) is 0 Å². The highest BCUT2D eigenvalue weighted by atomic mass is 16.6. The molecule has 0 atom stereocenters. The first-order valence-corrected chi connectivity index (χ1v) is 9.86. The molecule has 1 amide bonds. The number of amides is 1. The van der Waals surface area contributed by atoms with E-state index >= 15 is 0 Å². The Morgan fingerprint density at radius 1 is 0.966 bits per heavy atom. The first-order valence-electron chi connectivity index (χ1n) is 9.86. The molecule has 2 heterocycles. The third kappa shape index (κ3) is 4.99. The second-order valence-corrected chi connectivity index (χ2v) is 7.10. The molecule has 0 bridgehead atoms. The summed E-state index contributed by atoms with van der Waals surface area (Å²) >= 11 is 0. The molecule has 2 aliphatic heterocycles. The standard InChI is InChI=1S/C22H24N2O5/c25-21(23-17-4-6-18(7-5-17)24-9-1-2-10-24)15-29-22(26)14-16-3-8-19-20(13-16)28-12-11-27-19/h3-8,13H,1-2,9-12,14-15H2,(H,23,25). The largest absolute Gasteiger partial charge is 0.486 e. The number of benzene rings is 2. The quantitative estimate of drug-likeness (QED) is 0.757. The lowest BCUT2D eigenvalue weighted by Crippen LogP contribution is -2.22. The minimum Gasteiger partial charge on any atom is -0.486 e. The molecule has 2 aromatic carbocycles. The fourth-order valence-corrected chi connectivity index (χ4v) is 3.49. The maximum Gasteiger partial charge on any atom is 0.310 e. The average molecular weight is 396 g/mol. The molecule has 2 aliphatic rings. The van der Waals surface area contributed by atoms with Gasteiger partial charge in [0.05, 0.1) is 6.42 Å². The summed E-state index contributed by atoms with van der Waals surface area (Å²) in [7, 11) is 0. The van der Waals surface area contributed by atoms with Crippen molar-refractivity contribution in [3.63, 3.8) is 0 Å². The Balaban J connectivity index is 1.23. The molecule has 0 radical (unpaired) electrons. The minimum absolute atomic E-state index is 0.0639. The molecule has 4 rings (SSSR count). The number of carbonyl (C=O) groups excluding carboxylic acids is 2. The number of esters is 1. The monoisotopic (exact) mass is 396 g/mol. The zero-order chi connectivity index (χ0) is 20.1. The van der Waals surface area contributed by atoms with Crippen molar-refractivity contribution >= 4 is 23.3 Å². The highest BCUT2D eigenvalue weighted by molar-refractivity contribution is 5.93. The van der Waals surface area contributed by atoms with E-state index in [1.165, 1.54) is 12.8 Å². The van der Waals surface area contributed by atoms with Crippen molar-refractivity contribution in [2.45, 2.75) is 19.3 Å². The van der Waals surface area contributed by atoms with E-state index < -0.39 is 5.97 Å². The van der Waals surface area contributed by atoms with Crippen LogP contribution in [0.5, 0.6) is 11.5 Å². The van der Waals surface area contributed by atoms with E-state index in [-0.39, 0.29) is 18.9 Å². The molecule has 152 valence electrons. The number of hydrogen-bond donors (Lipinski definition) is 1. The second kappa shape index (κ2) is 8.86. The van der Waals surface area contributed by atoms with Crippen LogP contribution in [0.15, 0.2) is 42.5 Å². The van der Waals surface area contributed by atoms with Crippen LogP contribution in [0.1, 0.15) is 18.4 Å². The number of ether oxygens (including phenoxy) is 3. The van der Waals surface area contributed by atoms with Crippen molar-refractivity contribution in [3.05, 3.63) is 48.0 Å². The molecule has 1 N–H and O–H groups in total. The van der Waals surface area contributed by atoms with Crippen molar-refractivity contribution in [1.29, 1.82) is 0 Å². The summed E-state index contributed by atoms with van der Waals surface area (Å²) < 4.78 is 16.1. The number of anilines is 2. The number of carbonyl (C=O) groups is 2. The molecule has 0 unspecified atom stereocenters. The Kier molecular flexibility index (Phi) is 5.84. The van der Waals surface area contributed by atoms with Gasteiger partial charge in [-0.1, -0.05) is 6.07 Å². The molecule has 0 spiro atoms. The van der Waals surface area contributed by atoms with Gasteiger partial charge in [-0.25, -0.2) is 0 Å². The Labute approximate surface area is 169 Å². The van der Waals surface area contributed by atoms with E-state index in [9.17, 15) is 9.59 Å². The van der Waals surface area contributed by atoms with Crippen LogP contribution in [0.4, 0.5) is 11.4 Å². The molecule has 7 heteroatoms. The van der Waals surface area contributed by atoms with Crippen LogP contribution in [-0.4, -0.2) is 44.8 Å². The van der Waals surface area contributed by atoms with Crippen LogP contribution in [0.3, 0.4) is 0 Å². The molecule has 0 aliphatic carbocycles. The van der Waals surface area contributed by atoms with Gasteiger partial charge in [0.15, 0.2) is 18.1 Å². The SMILES string of the molecule is O=C(COC(=O)Cc1ccc2c(c1)OCCO2)Nc1ccc(N2CCCC2)cc1. The van der Waals surface area contributed by atoms with Crippen molar-refractivity contribution in [2.75, 3.05) is 43.1 Å². The van der Waals surface area contributed by atoms with Gasteiger partial charge in [-0.3, -0.25) is 9.59 Å². The number of rotatable bonds is 6. The van der Waals surface area contributed by atoms with Gasteiger partial charge in [0.1, 0.15) is 13.2 Å². The topological polar surface area (TPSA) is 77.1 Å². The van der Waals surface area contributed by atoms with Crippen LogP contribution < -0.4 is 19.7 Å². The Morgan fingerprint density at radius 3 is 2.45 bits per heavy atom. The fraction of sp³-hybridized carbons (Fsp3) is 0.364. The van der Waals surface area contributed by atoms with E-state index in [1.807, 2.05) is 24.3 Å². The summed E-state index contributed by atoms with van der Waals surface area (Å²) in [6, 6.07) is 13.0. The van der Waals surface area contributed by atoms with Crippen molar-refractivity contribution in [2.24, 2.45) is 0 Å². The lowest BCUT2D eigenvalue weighted by atomic mass is 10.1. The summed E-state index contributed by atoms with van der Waals surface area (Å²) in [6.07, 6.45) is 2.50. The molecular weight excluding hydrogens is 372 g/mol. The summed E-state index contributed by atoms with van der Waals surface area (Å²) in [4.78, 5) is 26.4. The first-order chi connectivity index (χ1) is 14.2. The molecule has 29 heavy (non-hydrogen) atoms. The predicted molar refractivity (Wildman–Crippen MR) is 109 cm³/mol. The normalized spacial score (nSPS) is 15.1. The second-order valence-electron chi connectivity index (χ2n) is 7.10. The summed E-state index contributed by atoms with van der Waals surface area (Å²) in [5.41, 5.74) is 2.59. The van der Waals surface area contributed by atoms with Gasteiger partial charge in [0.25, 0.3) is 5.91 Å². The minimum atomic E-state index is -0.471. The maximum atomic E-state index is 12.1. The van der Waals surface area contributed by atoms with Gasteiger partial charge < -0.3 is 24.4 Å². The zero-order valence-corrected chi connectivity index (χ0v) is 16.2. The van der Waals surface area contributed by atoms with E-state index in [0.717, 1.165) is 24.3 Å². The molecule has 0 aromatic heterocycles. The Bertz CT molecular complexity index is 875. The smallest absolute Gasteiger partial charge is 0.310 e. The molecule has 0 saturated carbocycles. The van der Waals surface area contributed by atoms with Crippen molar-refractivity contribution in [3.8, 4) is 11.5 Å². The highest BCUT2D eigenvalue weighted by Gasteiger charge is 2.15. The van der Waals surface area contributed by atoms with E-state index in [1.54, 1.807) is 18.2 Å². The third-order valence-corrected chi connectivity index (χ3v) is 4.94. The zero-order valence-electron chi connectivity index (χ0n) is 16.2. The molecule has 1 fully saturated rings. The Hall–Kier alpha value is -3.22. The average Bonchev–Trinajstić information content (AvgIpc) is 3.28. The first kappa shape index (κ1) is 19.1. The summed E-state index contributed by atoms with van der Waals surface area (Å²) in [6.45, 7) is 2.83. The summed E-state index contributed by atoms with van der Waals surface area (Å²) in [5, 5.41) is 2.75. The van der Waals surface area contributed by atoms with Crippen LogP contribution in [0.25, 0.3) is 0 Å². The van der Waals surface area contributed by atoms with E-state index in [0.29, 0.717) is 30.4 Å². The number of hydrogen-bond acceptors (Lipinski definition) is 6.